The zero-order valence-corrected chi connectivity index (χ0v) is 10.2. The minimum atomic E-state index is -0.597. The number of H-pyrrole nitrogens is 1. The van der Waals surface area contributed by atoms with Crippen molar-refractivity contribution < 1.29 is 5.11 Å². The van der Waals surface area contributed by atoms with E-state index in [2.05, 4.69) is 36.2 Å². The molecule has 2 unspecified atom stereocenters. The summed E-state index contributed by atoms with van der Waals surface area (Å²) in [4.78, 5) is 0. The molecule has 0 saturated heterocycles. The maximum Gasteiger partial charge on any atom is 0.107 e. The van der Waals surface area contributed by atoms with Gasteiger partial charge in [0.05, 0.1) is 6.20 Å². The lowest BCUT2D eigenvalue weighted by Gasteiger charge is -2.12. The predicted octanol–water partition coefficient (Wildman–Crippen LogP) is 3.00. The van der Waals surface area contributed by atoms with Crippen LogP contribution in [0.15, 0.2) is 36.7 Å². The lowest BCUT2D eigenvalue weighted by Crippen LogP contribution is -1.99. The third-order valence-corrected chi connectivity index (χ3v) is 3.27. The Morgan fingerprint density at radius 1 is 1.18 bits per heavy atom. The second-order valence-corrected chi connectivity index (χ2v) is 4.41. The number of hydrogen-bond acceptors (Lipinski definition) is 2. The van der Waals surface area contributed by atoms with Crippen molar-refractivity contribution in [2.75, 3.05) is 0 Å². The van der Waals surface area contributed by atoms with Gasteiger partial charge in [0.2, 0.25) is 0 Å². The summed E-state index contributed by atoms with van der Waals surface area (Å²) in [5.74, 6) is 0.565. The van der Waals surface area contributed by atoms with Gasteiger partial charge in [-0.25, -0.2) is 0 Å². The van der Waals surface area contributed by atoms with Crippen molar-refractivity contribution in [3.8, 4) is 0 Å². The highest BCUT2D eigenvalue weighted by molar-refractivity contribution is 5.31. The van der Waals surface area contributed by atoms with Crippen LogP contribution in [-0.2, 0) is 0 Å². The molecule has 0 aliphatic heterocycles. The lowest BCUT2D eigenvalue weighted by atomic mass is 9.95. The van der Waals surface area contributed by atoms with Crippen LogP contribution in [0.5, 0.6) is 0 Å². The molecule has 3 nitrogen and oxygen atoms in total. The van der Waals surface area contributed by atoms with Crippen LogP contribution >= 0.6 is 0 Å². The van der Waals surface area contributed by atoms with E-state index >= 15 is 0 Å². The van der Waals surface area contributed by atoms with Gasteiger partial charge in [-0.15, -0.1) is 0 Å². The van der Waals surface area contributed by atoms with Gasteiger partial charge in [0.1, 0.15) is 6.10 Å². The first kappa shape index (κ1) is 11.9. The van der Waals surface area contributed by atoms with E-state index in [1.54, 1.807) is 12.4 Å². The first-order valence-corrected chi connectivity index (χ1v) is 5.99. The fraction of sp³-hybridized carbons (Fsp3) is 0.357. The summed E-state index contributed by atoms with van der Waals surface area (Å²) in [6.07, 6.45) is 3.89. The number of aromatic amines is 1. The highest BCUT2D eigenvalue weighted by atomic mass is 16.3. The zero-order chi connectivity index (χ0) is 12.3. The van der Waals surface area contributed by atoms with Crippen molar-refractivity contribution in [3.05, 3.63) is 53.3 Å². The number of hydrogen-bond donors (Lipinski definition) is 2. The molecule has 3 heteroatoms. The molecule has 2 atom stereocenters. The Morgan fingerprint density at radius 3 is 2.35 bits per heavy atom. The van der Waals surface area contributed by atoms with E-state index in [-0.39, 0.29) is 0 Å². The molecule has 0 aliphatic rings. The topological polar surface area (TPSA) is 48.9 Å². The number of aliphatic hydroxyl groups excluding tert-OH is 1. The Morgan fingerprint density at radius 2 is 1.82 bits per heavy atom. The molecule has 2 rings (SSSR count). The predicted molar refractivity (Wildman–Crippen MR) is 67.8 cm³/mol. The van der Waals surface area contributed by atoms with Gasteiger partial charge in [0.15, 0.2) is 0 Å². The van der Waals surface area contributed by atoms with Crippen molar-refractivity contribution in [3.63, 3.8) is 0 Å². The van der Waals surface area contributed by atoms with Gasteiger partial charge in [-0.1, -0.05) is 38.1 Å². The maximum atomic E-state index is 10.1. The first-order chi connectivity index (χ1) is 8.22. The van der Waals surface area contributed by atoms with Gasteiger partial charge in [0, 0.05) is 11.8 Å². The summed E-state index contributed by atoms with van der Waals surface area (Å²) < 4.78 is 0. The molecule has 0 spiro atoms. The lowest BCUT2D eigenvalue weighted by molar-refractivity contribution is 0.220. The molecule has 0 radical (unpaired) electrons. The molecule has 17 heavy (non-hydrogen) atoms. The molecule has 0 aliphatic carbocycles. The zero-order valence-electron chi connectivity index (χ0n) is 10.2. The highest BCUT2D eigenvalue weighted by Gasteiger charge is 2.11. The molecule has 90 valence electrons. The van der Waals surface area contributed by atoms with E-state index in [1.807, 2.05) is 12.1 Å². The Kier molecular flexibility index (Phi) is 3.59. The Balaban J connectivity index is 2.18. The van der Waals surface area contributed by atoms with E-state index in [0.29, 0.717) is 5.92 Å². The molecular weight excluding hydrogens is 212 g/mol. The third-order valence-electron chi connectivity index (χ3n) is 3.27. The molecule has 0 saturated carbocycles. The molecule has 1 heterocycles. The van der Waals surface area contributed by atoms with Crippen LogP contribution in [0.3, 0.4) is 0 Å². The van der Waals surface area contributed by atoms with Crippen molar-refractivity contribution in [1.29, 1.82) is 0 Å². The number of nitrogens with one attached hydrogen (secondary N) is 1. The van der Waals surface area contributed by atoms with Gasteiger partial charge < -0.3 is 5.11 Å². The van der Waals surface area contributed by atoms with Crippen molar-refractivity contribution >= 4 is 0 Å². The summed E-state index contributed by atoms with van der Waals surface area (Å²) >= 11 is 0. The fourth-order valence-corrected chi connectivity index (χ4v) is 1.85. The quantitative estimate of drug-likeness (QED) is 0.848. The standard InChI is InChI=1S/C14H18N2O/c1-3-10(2)11-4-6-12(7-5-11)14(17)13-8-15-16-9-13/h4-10,14,17H,3H2,1-2H3,(H,15,16). The summed E-state index contributed by atoms with van der Waals surface area (Å²) in [6, 6.07) is 8.15. The Hall–Kier alpha value is -1.61. The SMILES string of the molecule is CCC(C)c1ccc(C(O)c2cn[nH]c2)cc1. The minimum absolute atomic E-state index is 0.565. The normalized spacial score (nSPS) is 14.5. The number of rotatable bonds is 4. The highest BCUT2D eigenvalue weighted by Crippen LogP contribution is 2.24. The fourth-order valence-electron chi connectivity index (χ4n) is 1.85. The second kappa shape index (κ2) is 5.15. The Bertz CT molecular complexity index is 448. The summed E-state index contributed by atoms with van der Waals surface area (Å²) in [5, 5.41) is 16.7. The molecule has 0 bridgehead atoms. The molecule has 1 aromatic heterocycles. The van der Waals surface area contributed by atoms with Crippen molar-refractivity contribution in [2.24, 2.45) is 0 Å². The van der Waals surface area contributed by atoms with Crippen LogP contribution in [0.25, 0.3) is 0 Å². The largest absolute Gasteiger partial charge is 0.384 e. The first-order valence-electron chi connectivity index (χ1n) is 5.99. The van der Waals surface area contributed by atoms with E-state index in [0.717, 1.165) is 17.5 Å². The van der Waals surface area contributed by atoms with E-state index < -0.39 is 6.10 Å². The van der Waals surface area contributed by atoms with E-state index in [4.69, 9.17) is 0 Å². The van der Waals surface area contributed by atoms with Crippen molar-refractivity contribution in [1.82, 2.24) is 10.2 Å². The van der Waals surface area contributed by atoms with Crippen LogP contribution < -0.4 is 0 Å². The second-order valence-electron chi connectivity index (χ2n) is 4.41. The van der Waals surface area contributed by atoms with Gasteiger partial charge in [-0.2, -0.15) is 5.10 Å². The molecule has 2 aromatic rings. The third kappa shape index (κ3) is 2.56. The van der Waals surface area contributed by atoms with E-state index in [1.165, 1.54) is 5.56 Å². The number of aromatic nitrogens is 2. The van der Waals surface area contributed by atoms with Gasteiger partial charge in [0.25, 0.3) is 0 Å². The summed E-state index contributed by atoms with van der Waals surface area (Å²) in [6.45, 7) is 4.39. The molecular formula is C14H18N2O. The van der Waals surface area contributed by atoms with Crippen LogP contribution in [0.4, 0.5) is 0 Å². The van der Waals surface area contributed by atoms with Crippen LogP contribution in [0, 0.1) is 0 Å². The van der Waals surface area contributed by atoms with Crippen LogP contribution in [-0.4, -0.2) is 15.3 Å². The van der Waals surface area contributed by atoms with E-state index in [9.17, 15) is 5.11 Å². The molecule has 0 amide bonds. The molecule has 0 fully saturated rings. The number of nitrogens with zero attached hydrogens (tertiary/aromatic N) is 1. The molecule has 2 N–H and O–H groups in total. The van der Waals surface area contributed by atoms with Gasteiger partial charge in [-0.3, -0.25) is 5.10 Å². The molecule has 1 aromatic carbocycles. The van der Waals surface area contributed by atoms with Crippen LogP contribution in [0.1, 0.15) is 49.0 Å². The maximum absolute atomic E-state index is 10.1. The average molecular weight is 230 g/mol. The van der Waals surface area contributed by atoms with Gasteiger partial charge >= 0.3 is 0 Å². The monoisotopic (exact) mass is 230 g/mol. The summed E-state index contributed by atoms with van der Waals surface area (Å²) in [5.41, 5.74) is 3.01. The number of benzene rings is 1. The smallest absolute Gasteiger partial charge is 0.107 e. The van der Waals surface area contributed by atoms with Crippen molar-refractivity contribution in [2.45, 2.75) is 32.3 Å². The minimum Gasteiger partial charge on any atom is -0.384 e. The summed E-state index contributed by atoms with van der Waals surface area (Å²) in [7, 11) is 0. The van der Waals surface area contributed by atoms with Crippen LogP contribution in [0.2, 0.25) is 0 Å². The Labute approximate surface area is 102 Å². The average Bonchev–Trinajstić information content (AvgIpc) is 2.91. The van der Waals surface area contributed by atoms with Gasteiger partial charge in [-0.05, 0) is 23.5 Å². The number of aliphatic hydroxyl groups is 1.